The van der Waals surface area contributed by atoms with Crippen molar-refractivity contribution in [3.05, 3.63) is 50.1 Å². The fraction of sp³-hybridized carbons (Fsp3) is 0.0833. The van der Waals surface area contributed by atoms with Crippen molar-refractivity contribution in [1.82, 2.24) is 0 Å². The molecule has 0 spiro atoms. The Morgan fingerprint density at radius 3 is 2.76 bits per heavy atom. The lowest BCUT2D eigenvalue weighted by molar-refractivity contribution is 1.19. The molecule has 1 aromatic heterocycles. The lowest BCUT2D eigenvalue weighted by Gasteiger charge is -2.05. The van der Waals surface area contributed by atoms with Gasteiger partial charge in [-0.15, -0.1) is 11.3 Å². The van der Waals surface area contributed by atoms with Crippen molar-refractivity contribution in [2.45, 2.75) is 6.54 Å². The molecule has 0 radical (unpaired) electrons. The maximum Gasteiger partial charge on any atom is 0.101 e. The van der Waals surface area contributed by atoms with Crippen LogP contribution in [-0.2, 0) is 6.54 Å². The zero-order valence-electron chi connectivity index (χ0n) is 8.71. The standard InChI is InChI=1S/C12H8Cl2N2S/c13-9-4-11(17-7-9)6-16-10-1-2-12(14)8(3-10)5-15/h1-4,7,16H,6H2. The molecular weight excluding hydrogens is 275 g/mol. The van der Waals surface area contributed by atoms with Gasteiger partial charge in [-0.05, 0) is 24.3 Å². The molecule has 1 heterocycles. The largest absolute Gasteiger partial charge is 0.380 e. The smallest absolute Gasteiger partial charge is 0.101 e. The van der Waals surface area contributed by atoms with Crippen molar-refractivity contribution in [2.24, 2.45) is 0 Å². The summed E-state index contributed by atoms with van der Waals surface area (Å²) in [5.41, 5.74) is 1.34. The van der Waals surface area contributed by atoms with Crippen molar-refractivity contribution in [3.8, 4) is 6.07 Å². The van der Waals surface area contributed by atoms with Gasteiger partial charge in [-0.25, -0.2) is 0 Å². The van der Waals surface area contributed by atoms with E-state index in [0.29, 0.717) is 17.1 Å². The predicted molar refractivity (Wildman–Crippen MR) is 72.8 cm³/mol. The van der Waals surface area contributed by atoms with Crippen molar-refractivity contribution < 1.29 is 0 Å². The Morgan fingerprint density at radius 2 is 2.12 bits per heavy atom. The van der Waals surface area contributed by atoms with Crippen LogP contribution in [0.1, 0.15) is 10.4 Å². The van der Waals surface area contributed by atoms with Crippen molar-refractivity contribution in [3.63, 3.8) is 0 Å². The molecule has 0 unspecified atom stereocenters. The molecule has 2 nitrogen and oxygen atoms in total. The SMILES string of the molecule is N#Cc1cc(NCc2cc(Cl)cs2)ccc1Cl. The van der Waals surface area contributed by atoms with E-state index in [2.05, 4.69) is 5.32 Å². The van der Waals surface area contributed by atoms with Crippen molar-refractivity contribution in [1.29, 1.82) is 5.26 Å². The van der Waals surface area contributed by atoms with Crippen LogP contribution < -0.4 is 5.32 Å². The number of rotatable bonds is 3. The number of nitrogens with one attached hydrogen (secondary N) is 1. The number of nitriles is 1. The Kier molecular flexibility index (Phi) is 3.90. The van der Waals surface area contributed by atoms with Crippen LogP contribution in [0.25, 0.3) is 0 Å². The molecule has 0 aliphatic carbocycles. The minimum Gasteiger partial charge on any atom is -0.380 e. The van der Waals surface area contributed by atoms with Gasteiger partial charge in [-0.1, -0.05) is 23.2 Å². The lowest BCUT2D eigenvalue weighted by Crippen LogP contribution is -1.97. The summed E-state index contributed by atoms with van der Waals surface area (Å²) in [7, 11) is 0. The summed E-state index contributed by atoms with van der Waals surface area (Å²) in [6.07, 6.45) is 0. The second-order valence-corrected chi connectivity index (χ2v) is 5.23. The van der Waals surface area contributed by atoms with Gasteiger partial charge in [0.1, 0.15) is 6.07 Å². The lowest BCUT2D eigenvalue weighted by atomic mass is 10.2. The quantitative estimate of drug-likeness (QED) is 0.897. The number of halogens is 2. The molecule has 17 heavy (non-hydrogen) atoms. The third-order valence-corrected chi connectivity index (χ3v) is 3.79. The monoisotopic (exact) mass is 282 g/mol. The molecule has 1 aromatic carbocycles. The van der Waals surface area contributed by atoms with E-state index in [1.165, 1.54) is 0 Å². The second kappa shape index (κ2) is 5.42. The van der Waals surface area contributed by atoms with Gasteiger partial charge in [-0.2, -0.15) is 5.26 Å². The van der Waals surface area contributed by atoms with Crippen LogP contribution in [0.5, 0.6) is 0 Å². The number of nitrogens with zero attached hydrogens (tertiary/aromatic N) is 1. The molecule has 0 fully saturated rings. The number of hydrogen-bond donors (Lipinski definition) is 1. The molecule has 2 rings (SSSR count). The van der Waals surface area contributed by atoms with E-state index >= 15 is 0 Å². The number of thiophene rings is 1. The maximum atomic E-state index is 8.85. The van der Waals surface area contributed by atoms with Crippen LogP contribution >= 0.6 is 34.5 Å². The first-order valence-corrected chi connectivity index (χ1v) is 6.49. The van der Waals surface area contributed by atoms with Gasteiger partial charge in [-0.3, -0.25) is 0 Å². The van der Waals surface area contributed by atoms with E-state index in [1.54, 1.807) is 23.5 Å². The fourth-order valence-corrected chi connectivity index (χ4v) is 2.53. The second-order valence-electron chi connectivity index (χ2n) is 3.39. The van der Waals surface area contributed by atoms with E-state index in [0.717, 1.165) is 15.6 Å². The first kappa shape index (κ1) is 12.3. The minimum absolute atomic E-state index is 0.470. The van der Waals surface area contributed by atoms with Gasteiger partial charge >= 0.3 is 0 Å². The maximum absolute atomic E-state index is 8.85. The summed E-state index contributed by atoms with van der Waals surface area (Å²) in [5.74, 6) is 0. The number of benzene rings is 1. The topological polar surface area (TPSA) is 35.8 Å². The number of anilines is 1. The molecule has 1 N–H and O–H groups in total. The normalized spacial score (nSPS) is 9.94. The summed E-state index contributed by atoms with van der Waals surface area (Å²) < 4.78 is 0. The minimum atomic E-state index is 0.470. The van der Waals surface area contributed by atoms with Crippen LogP contribution in [0.2, 0.25) is 10.0 Å². The predicted octanol–water partition coefficient (Wildman–Crippen LogP) is 4.54. The molecule has 86 valence electrons. The molecule has 2 aromatic rings. The highest BCUT2D eigenvalue weighted by Crippen LogP contribution is 2.22. The number of hydrogen-bond acceptors (Lipinski definition) is 3. The first-order valence-electron chi connectivity index (χ1n) is 4.85. The molecule has 0 saturated heterocycles. The molecule has 0 saturated carbocycles. The van der Waals surface area contributed by atoms with Gasteiger partial charge in [0.15, 0.2) is 0 Å². The Bertz CT molecular complexity index is 572. The Hall–Kier alpha value is -1.21. The zero-order valence-corrected chi connectivity index (χ0v) is 11.0. The van der Waals surface area contributed by atoms with Crippen LogP contribution in [0.15, 0.2) is 29.6 Å². The van der Waals surface area contributed by atoms with Crippen molar-refractivity contribution >= 4 is 40.2 Å². The summed E-state index contributed by atoms with van der Waals surface area (Å²) in [6, 6.07) is 9.26. The van der Waals surface area contributed by atoms with Gasteiger partial charge in [0, 0.05) is 22.5 Å². The van der Waals surface area contributed by atoms with E-state index < -0.39 is 0 Å². The van der Waals surface area contributed by atoms with E-state index in [4.69, 9.17) is 28.5 Å². The molecule has 5 heteroatoms. The highest BCUT2D eigenvalue weighted by molar-refractivity contribution is 7.10. The fourth-order valence-electron chi connectivity index (χ4n) is 1.36. The molecule has 0 aliphatic rings. The Morgan fingerprint density at radius 1 is 1.29 bits per heavy atom. The van der Waals surface area contributed by atoms with Gasteiger partial charge < -0.3 is 5.32 Å². The average Bonchev–Trinajstić information content (AvgIpc) is 2.74. The summed E-state index contributed by atoms with van der Waals surface area (Å²) in [6.45, 7) is 0.684. The summed E-state index contributed by atoms with van der Waals surface area (Å²) in [5, 5.41) is 15.2. The van der Waals surface area contributed by atoms with Gasteiger partial charge in [0.2, 0.25) is 0 Å². The summed E-state index contributed by atoms with van der Waals surface area (Å²) >= 11 is 13.3. The third kappa shape index (κ3) is 3.13. The Balaban J connectivity index is 2.07. The van der Waals surface area contributed by atoms with Crippen LogP contribution in [0, 0.1) is 11.3 Å². The van der Waals surface area contributed by atoms with Crippen LogP contribution in [-0.4, -0.2) is 0 Å². The molecule has 0 amide bonds. The van der Waals surface area contributed by atoms with E-state index in [-0.39, 0.29) is 0 Å². The highest BCUT2D eigenvalue weighted by atomic mass is 35.5. The van der Waals surface area contributed by atoms with E-state index in [9.17, 15) is 0 Å². The van der Waals surface area contributed by atoms with Crippen LogP contribution in [0.4, 0.5) is 5.69 Å². The van der Waals surface area contributed by atoms with Crippen LogP contribution in [0.3, 0.4) is 0 Å². The zero-order chi connectivity index (χ0) is 12.3. The highest BCUT2D eigenvalue weighted by Gasteiger charge is 2.02. The Labute approximate surface area is 113 Å². The molecule has 0 bridgehead atoms. The average molecular weight is 283 g/mol. The first-order chi connectivity index (χ1) is 8.19. The van der Waals surface area contributed by atoms with Gasteiger partial charge in [0.25, 0.3) is 0 Å². The third-order valence-electron chi connectivity index (χ3n) is 2.18. The molecule has 0 aliphatic heterocycles. The molecular formula is C12H8Cl2N2S. The van der Waals surface area contributed by atoms with Crippen molar-refractivity contribution in [2.75, 3.05) is 5.32 Å². The summed E-state index contributed by atoms with van der Waals surface area (Å²) in [4.78, 5) is 1.14. The molecule has 0 atom stereocenters. The van der Waals surface area contributed by atoms with Gasteiger partial charge in [0.05, 0.1) is 15.6 Å². The van der Waals surface area contributed by atoms with E-state index in [1.807, 2.05) is 23.6 Å².